The molecule has 4 heteroatoms. The Hall–Kier alpha value is -1.00. The molecule has 5 rings (SSSR count). The molecular weight excluding hydrogens is 336 g/mol. The Bertz CT molecular complexity index is 694. The van der Waals surface area contributed by atoms with Crippen molar-refractivity contribution in [1.82, 2.24) is 5.32 Å². The summed E-state index contributed by atoms with van der Waals surface area (Å²) >= 11 is 0. The van der Waals surface area contributed by atoms with Crippen molar-refractivity contribution >= 4 is 11.5 Å². The van der Waals surface area contributed by atoms with Gasteiger partial charge in [0.05, 0.1) is 6.10 Å². The first-order valence-electron chi connectivity index (χ1n) is 11.1. The molecule has 0 amide bonds. The molecule has 0 aromatic rings. The van der Waals surface area contributed by atoms with Gasteiger partial charge >= 0.3 is 0 Å². The molecule has 0 radical (unpaired) electrons. The molecular formula is C23H34N2O2. The smallest absolute Gasteiger partial charge is 0.139 e. The molecule has 1 saturated heterocycles. The second-order valence-corrected chi connectivity index (χ2v) is 10.1. The molecule has 1 heterocycles. The van der Waals surface area contributed by atoms with Crippen LogP contribution in [0.3, 0.4) is 0 Å². The van der Waals surface area contributed by atoms with Gasteiger partial charge in [0.1, 0.15) is 12.5 Å². The number of allylic oxidation sites excluding steroid dienone is 2. The van der Waals surface area contributed by atoms with Crippen LogP contribution in [0.25, 0.3) is 0 Å². The SMILES string of the molecule is C[C@]12CC/C(=N\COC3CNC3)C=C1CCC1C2CC[C@]2(C)C(=O)CCC12. The standard InChI is InChI=1S/C23H34N2O2/c1-22-9-7-16(25-14-27-17-12-24-13-17)11-15(22)3-4-18-19-5-6-21(26)23(19,2)10-8-20(18)22/h11,17-20,24H,3-10,12-14H2,1-2H3/b25-16+/t18?,19?,20?,22-,23-/m0/s1. The molecule has 148 valence electrons. The molecule has 5 aliphatic rings. The molecule has 3 saturated carbocycles. The first kappa shape index (κ1) is 18.1. The topological polar surface area (TPSA) is 50.7 Å². The van der Waals surface area contributed by atoms with Gasteiger partial charge in [-0.2, -0.15) is 0 Å². The van der Waals surface area contributed by atoms with Gasteiger partial charge in [-0.15, -0.1) is 0 Å². The van der Waals surface area contributed by atoms with E-state index in [1.165, 1.54) is 31.4 Å². The zero-order chi connectivity index (χ0) is 18.6. The summed E-state index contributed by atoms with van der Waals surface area (Å²) in [6.07, 6.45) is 11.9. The maximum Gasteiger partial charge on any atom is 0.139 e. The van der Waals surface area contributed by atoms with Crippen LogP contribution in [0.1, 0.15) is 65.2 Å². The van der Waals surface area contributed by atoms with Gasteiger partial charge in [-0.1, -0.05) is 19.4 Å². The lowest BCUT2D eigenvalue weighted by atomic mass is 9.47. The molecule has 0 aromatic heterocycles. The van der Waals surface area contributed by atoms with Crippen molar-refractivity contribution in [1.29, 1.82) is 0 Å². The second kappa shape index (κ2) is 6.52. The predicted octanol–water partition coefficient (Wildman–Crippen LogP) is 3.91. The average molecular weight is 371 g/mol. The lowest BCUT2D eigenvalue weighted by Gasteiger charge is -2.57. The Morgan fingerprint density at radius 2 is 1.89 bits per heavy atom. The number of nitrogens with zero attached hydrogens (tertiary/aromatic N) is 1. The van der Waals surface area contributed by atoms with Crippen LogP contribution in [0.4, 0.5) is 0 Å². The number of carbonyl (C=O) groups excluding carboxylic acids is 1. The summed E-state index contributed by atoms with van der Waals surface area (Å²) in [5, 5.41) is 3.23. The Morgan fingerprint density at radius 3 is 2.67 bits per heavy atom. The third-order valence-electron chi connectivity index (χ3n) is 9.01. The fourth-order valence-electron chi connectivity index (χ4n) is 7.07. The third-order valence-corrected chi connectivity index (χ3v) is 9.01. The monoisotopic (exact) mass is 370 g/mol. The van der Waals surface area contributed by atoms with Crippen molar-refractivity contribution in [2.24, 2.45) is 33.6 Å². The quantitative estimate of drug-likeness (QED) is 0.819. The molecule has 4 nitrogen and oxygen atoms in total. The van der Waals surface area contributed by atoms with Gasteiger partial charge in [0, 0.05) is 30.6 Å². The number of carbonyl (C=O) groups is 1. The van der Waals surface area contributed by atoms with Crippen molar-refractivity contribution in [3.63, 3.8) is 0 Å². The summed E-state index contributed by atoms with van der Waals surface area (Å²) in [5.41, 5.74) is 3.19. The Morgan fingerprint density at radius 1 is 1.07 bits per heavy atom. The highest BCUT2D eigenvalue weighted by Gasteiger charge is 2.58. The van der Waals surface area contributed by atoms with E-state index in [-0.39, 0.29) is 5.41 Å². The zero-order valence-electron chi connectivity index (χ0n) is 16.9. The Balaban J connectivity index is 1.33. The van der Waals surface area contributed by atoms with Crippen LogP contribution in [0.5, 0.6) is 0 Å². The van der Waals surface area contributed by atoms with E-state index in [1.54, 1.807) is 5.57 Å². The van der Waals surface area contributed by atoms with Crippen molar-refractivity contribution in [3.8, 4) is 0 Å². The molecule has 5 atom stereocenters. The van der Waals surface area contributed by atoms with E-state index < -0.39 is 0 Å². The summed E-state index contributed by atoms with van der Waals surface area (Å²) in [6, 6.07) is 0. The largest absolute Gasteiger partial charge is 0.353 e. The van der Waals surface area contributed by atoms with Gasteiger partial charge in [-0.3, -0.25) is 9.79 Å². The number of Topliss-reactive ketones (excluding diaryl/α,β-unsaturated/α-hetero) is 1. The molecule has 1 N–H and O–H groups in total. The zero-order valence-corrected chi connectivity index (χ0v) is 16.9. The van der Waals surface area contributed by atoms with Crippen LogP contribution >= 0.6 is 0 Å². The minimum absolute atomic E-state index is 0.00620. The first-order valence-corrected chi connectivity index (χ1v) is 11.1. The van der Waals surface area contributed by atoms with Gasteiger partial charge in [-0.25, -0.2) is 0 Å². The van der Waals surface area contributed by atoms with E-state index in [2.05, 4.69) is 25.2 Å². The minimum Gasteiger partial charge on any atom is -0.353 e. The molecule has 0 bridgehead atoms. The highest BCUT2D eigenvalue weighted by molar-refractivity contribution is 5.96. The van der Waals surface area contributed by atoms with Crippen LogP contribution < -0.4 is 5.32 Å². The fraction of sp³-hybridized carbons (Fsp3) is 0.826. The number of fused-ring (bicyclic) bond motifs is 5. The summed E-state index contributed by atoms with van der Waals surface area (Å²) in [4.78, 5) is 17.3. The summed E-state index contributed by atoms with van der Waals surface area (Å²) in [5.74, 6) is 2.71. The number of hydrogen-bond acceptors (Lipinski definition) is 4. The minimum atomic E-state index is -0.00620. The molecule has 3 unspecified atom stereocenters. The van der Waals surface area contributed by atoms with E-state index in [1.807, 2.05) is 0 Å². The van der Waals surface area contributed by atoms with E-state index in [9.17, 15) is 4.79 Å². The van der Waals surface area contributed by atoms with E-state index >= 15 is 0 Å². The lowest BCUT2D eigenvalue weighted by Crippen LogP contribution is -2.50. The summed E-state index contributed by atoms with van der Waals surface area (Å²) in [6.45, 7) is 7.24. The van der Waals surface area contributed by atoms with Gasteiger partial charge < -0.3 is 10.1 Å². The third kappa shape index (κ3) is 2.78. The highest BCUT2D eigenvalue weighted by Crippen LogP contribution is 2.64. The molecule has 27 heavy (non-hydrogen) atoms. The Labute approximate surface area is 163 Å². The van der Waals surface area contributed by atoms with Gasteiger partial charge in [0.15, 0.2) is 0 Å². The fourth-order valence-corrected chi connectivity index (χ4v) is 7.07. The number of ether oxygens (including phenoxy) is 1. The van der Waals surface area contributed by atoms with E-state index in [0.717, 1.165) is 50.6 Å². The van der Waals surface area contributed by atoms with Crippen molar-refractivity contribution < 1.29 is 9.53 Å². The lowest BCUT2D eigenvalue weighted by molar-refractivity contribution is -0.132. The number of aliphatic imine (C=N–C) groups is 1. The summed E-state index contributed by atoms with van der Waals surface area (Å²) in [7, 11) is 0. The maximum atomic E-state index is 12.5. The van der Waals surface area contributed by atoms with Gasteiger partial charge in [-0.05, 0) is 74.2 Å². The van der Waals surface area contributed by atoms with Crippen molar-refractivity contribution in [2.75, 3.05) is 19.8 Å². The molecule has 4 aliphatic carbocycles. The first-order chi connectivity index (χ1) is 13.0. The summed E-state index contributed by atoms with van der Waals surface area (Å²) < 4.78 is 5.79. The predicted molar refractivity (Wildman–Crippen MR) is 107 cm³/mol. The van der Waals surface area contributed by atoms with Gasteiger partial charge in [0.2, 0.25) is 0 Å². The van der Waals surface area contributed by atoms with Crippen molar-refractivity contribution in [3.05, 3.63) is 11.6 Å². The molecule has 4 fully saturated rings. The van der Waals surface area contributed by atoms with Crippen LogP contribution in [0.15, 0.2) is 16.6 Å². The maximum absolute atomic E-state index is 12.5. The van der Waals surface area contributed by atoms with Crippen LogP contribution in [-0.4, -0.2) is 37.4 Å². The number of ketones is 1. The van der Waals surface area contributed by atoms with Crippen LogP contribution in [0.2, 0.25) is 0 Å². The molecule has 0 aromatic carbocycles. The van der Waals surface area contributed by atoms with Crippen LogP contribution in [-0.2, 0) is 9.53 Å². The molecule has 0 spiro atoms. The van der Waals surface area contributed by atoms with E-state index in [0.29, 0.717) is 30.0 Å². The van der Waals surface area contributed by atoms with E-state index in [4.69, 9.17) is 9.73 Å². The number of nitrogens with one attached hydrogen (secondary N) is 1. The number of rotatable bonds is 3. The van der Waals surface area contributed by atoms with Crippen molar-refractivity contribution in [2.45, 2.75) is 71.3 Å². The van der Waals surface area contributed by atoms with Gasteiger partial charge in [0.25, 0.3) is 0 Å². The van der Waals surface area contributed by atoms with Crippen LogP contribution in [0, 0.1) is 28.6 Å². The normalized spacial score (nSPS) is 45.7. The average Bonchev–Trinajstić information content (AvgIpc) is 2.92. The highest BCUT2D eigenvalue weighted by atomic mass is 16.5. The second-order valence-electron chi connectivity index (χ2n) is 10.1. The number of hydrogen-bond donors (Lipinski definition) is 1. The Kier molecular flexibility index (Phi) is 4.36. The molecule has 1 aliphatic heterocycles.